The Kier molecular flexibility index (Phi) is 5.07. The van der Waals surface area contributed by atoms with Crippen molar-refractivity contribution in [3.8, 4) is 0 Å². The smallest absolute Gasteiger partial charge is 0.246 e. The van der Waals surface area contributed by atoms with E-state index in [0.29, 0.717) is 18.1 Å². The molecule has 0 saturated carbocycles. The zero-order valence-corrected chi connectivity index (χ0v) is 15.5. The average Bonchev–Trinajstić information content (AvgIpc) is 2.59. The van der Waals surface area contributed by atoms with Gasteiger partial charge in [0, 0.05) is 28.5 Å². The van der Waals surface area contributed by atoms with Gasteiger partial charge in [-0.05, 0) is 40.5 Å². The first-order chi connectivity index (χ1) is 11.1. The number of rotatable bonds is 3. The van der Waals surface area contributed by atoms with Crippen molar-refractivity contribution < 1.29 is 4.79 Å². The number of benzene rings is 2. The van der Waals surface area contributed by atoms with Gasteiger partial charge in [-0.1, -0.05) is 71.1 Å². The molecule has 23 heavy (non-hydrogen) atoms. The fraction of sp³-hybridized carbons (Fsp3) is 0.211. The number of amides is 1. The highest BCUT2D eigenvalue weighted by atomic mass is 127. The molecular weight excluding hydrogens is 421 g/mol. The minimum absolute atomic E-state index is 0.0346. The molecule has 2 aromatic rings. The van der Waals surface area contributed by atoms with E-state index in [1.54, 1.807) is 0 Å². The van der Waals surface area contributed by atoms with Crippen LogP contribution in [0, 0.1) is 0 Å². The molecule has 0 bridgehead atoms. The van der Waals surface area contributed by atoms with Gasteiger partial charge in [-0.3, -0.25) is 4.79 Å². The lowest BCUT2D eigenvalue weighted by Gasteiger charge is -2.35. The van der Waals surface area contributed by atoms with Gasteiger partial charge in [-0.15, -0.1) is 0 Å². The fourth-order valence-electron chi connectivity index (χ4n) is 3.20. The van der Waals surface area contributed by atoms with E-state index in [2.05, 4.69) is 59.5 Å². The molecule has 4 heteroatoms. The Labute approximate surface area is 155 Å². The summed E-state index contributed by atoms with van der Waals surface area (Å²) in [6.45, 7) is 4.88. The summed E-state index contributed by atoms with van der Waals surface area (Å²) in [5, 5.41) is 0.706. The summed E-state index contributed by atoms with van der Waals surface area (Å²) in [4.78, 5) is 14.0. The number of fused-ring (bicyclic) bond motifs is 1. The van der Waals surface area contributed by atoms with Gasteiger partial charge in [-0.25, -0.2) is 0 Å². The number of carbonyl (C=O) groups excluding carboxylic acids is 1. The van der Waals surface area contributed by atoms with E-state index in [0.717, 1.165) is 9.99 Å². The summed E-state index contributed by atoms with van der Waals surface area (Å²) in [6, 6.07) is 14.5. The summed E-state index contributed by atoms with van der Waals surface area (Å²) in [7, 11) is 0. The third-order valence-corrected chi connectivity index (χ3v) is 5.36. The van der Waals surface area contributed by atoms with Crippen LogP contribution in [0.3, 0.4) is 0 Å². The summed E-state index contributed by atoms with van der Waals surface area (Å²) >= 11 is 8.55. The number of halogens is 2. The SMILES string of the molecule is C=CC(=O)N1Cc2cc(Cl)ccc2[C@@H](c2ccccc2CI)C1. The summed E-state index contributed by atoms with van der Waals surface area (Å²) < 4.78 is 0.947. The molecule has 1 atom stereocenters. The van der Waals surface area contributed by atoms with Gasteiger partial charge in [0.1, 0.15) is 0 Å². The molecule has 3 rings (SSSR count). The van der Waals surface area contributed by atoms with Crippen molar-refractivity contribution in [3.63, 3.8) is 0 Å². The molecule has 2 aromatic carbocycles. The van der Waals surface area contributed by atoms with Gasteiger partial charge in [0.15, 0.2) is 0 Å². The van der Waals surface area contributed by atoms with Crippen LogP contribution in [0.4, 0.5) is 0 Å². The van der Waals surface area contributed by atoms with Gasteiger partial charge in [0.25, 0.3) is 0 Å². The van der Waals surface area contributed by atoms with Crippen LogP contribution in [0.2, 0.25) is 5.02 Å². The first-order valence-corrected chi connectivity index (χ1v) is 9.37. The van der Waals surface area contributed by atoms with Crippen LogP contribution in [0.1, 0.15) is 28.2 Å². The maximum absolute atomic E-state index is 12.2. The van der Waals surface area contributed by atoms with Crippen molar-refractivity contribution in [1.29, 1.82) is 0 Å². The van der Waals surface area contributed by atoms with E-state index in [1.807, 2.05) is 17.0 Å². The van der Waals surface area contributed by atoms with Crippen LogP contribution in [0.15, 0.2) is 55.1 Å². The molecule has 0 N–H and O–H groups in total. The van der Waals surface area contributed by atoms with Gasteiger partial charge in [0.05, 0.1) is 0 Å². The Morgan fingerprint density at radius 3 is 2.83 bits per heavy atom. The largest absolute Gasteiger partial charge is 0.334 e. The molecule has 0 unspecified atom stereocenters. The van der Waals surface area contributed by atoms with Crippen molar-refractivity contribution in [2.75, 3.05) is 6.54 Å². The molecule has 1 aliphatic heterocycles. The standard InChI is InChI=1S/C19H17ClINO/c1-2-19(23)22-11-14-9-15(20)7-8-17(14)18(12-22)16-6-4-3-5-13(16)10-21/h2-9,18H,1,10-12H2/t18-/m1/s1. The predicted molar refractivity (Wildman–Crippen MR) is 103 cm³/mol. The first kappa shape index (κ1) is 16.5. The van der Waals surface area contributed by atoms with Crippen molar-refractivity contribution in [1.82, 2.24) is 4.90 Å². The Bertz CT molecular complexity index is 759. The van der Waals surface area contributed by atoms with Crippen molar-refractivity contribution in [2.45, 2.75) is 16.9 Å². The molecule has 1 aliphatic rings. The van der Waals surface area contributed by atoms with Crippen LogP contribution in [-0.2, 0) is 15.8 Å². The summed E-state index contributed by atoms with van der Waals surface area (Å²) in [6.07, 6.45) is 1.39. The fourth-order valence-corrected chi connectivity index (χ4v) is 4.09. The van der Waals surface area contributed by atoms with E-state index >= 15 is 0 Å². The second kappa shape index (κ2) is 7.05. The minimum atomic E-state index is -0.0346. The first-order valence-electron chi connectivity index (χ1n) is 7.47. The zero-order valence-electron chi connectivity index (χ0n) is 12.6. The van der Waals surface area contributed by atoms with E-state index in [1.165, 1.54) is 22.8 Å². The number of nitrogens with zero attached hydrogens (tertiary/aromatic N) is 1. The molecule has 118 valence electrons. The molecule has 0 radical (unpaired) electrons. The number of carbonyl (C=O) groups is 1. The number of alkyl halides is 1. The molecule has 1 amide bonds. The molecular formula is C19H17ClINO. The molecule has 0 aromatic heterocycles. The highest BCUT2D eigenvalue weighted by Crippen LogP contribution is 2.36. The van der Waals surface area contributed by atoms with Crippen LogP contribution >= 0.6 is 34.2 Å². The molecule has 2 nitrogen and oxygen atoms in total. The second-order valence-electron chi connectivity index (χ2n) is 5.65. The van der Waals surface area contributed by atoms with E-state index < -0.39 is 0 Å². The molecule has 1 heterocycles. The third-order valence-electron chi connectivity index (χ3n) is 4.31. The quantitative estimate of drug-likeness (QED) is 0.379. The lowest BCUT2D eigenvalue weighted by atomic mass is 9.83. The lowest BCUT2D eigenvalue weighted by Crippen LogP contribution is -2.37. The van der Waals surface area contributed by atoms with Crippen LogP contribution in [0.5, 0.6) is 0 Å². The van der Waals surface area contributed by atoms with Crippen molar-refractivity contribution in [3.05, 3.63) is 82.4 Å². The highest BCUT2D eigenvalue weighted by Gasteiger charge is 2.29. The van der Waals surface area contributed by atoms with Gasteiger partial charge in [-0.2, -0.15) is 0 Å². The minimum Gasteiger partial charge on any atom is -0.334 e. The molecule has 0 fully saturated rings. The lowest BCUT2D eigenvalue weighted by molar-refractivity contribution is -0.127. The Morgan fingerprint density at radius 2 is 2.09 bits per heavy atom. The van der Waals surface area contributed by atoms with Crippen molar-refractivity contribution in [2.24, 2.45) is 0 Å². The topological polar surface area (TPSA) is 20.3 Å². The van der Waals surface area contributed by atoms with Gasteiger partial charge < -0.3 is 4.90 Å². The average molecular weight is 438 g/mol. The Balaban J connectivity index is 2.11. The highest BCUT2D eigenvalue weighted by molar-refractivity contribution is 14.1. The molecule has 0 spiro atoms. The second-order valence-corrected chi connectivity index (χ2v) is 6.85. The Morgan fingerprint density at radius 1 is 1.30 bits per heavy atom. The van der Waals surface area contributed by atoms with Crippen LogP contribution < -0.4 is 0 Å². The summed E-state index contributed by atoms with van der Waals surface area (Å²) in [5.74, 6) is 0.137. The number of hydrogen-bond acceptors (Lipinski definition) is 1. The Hall–Kier alpha value is -1.33. The predicted octanol–water partition coefficient (Wildman–Crippen LogP) is 4.94. The van der Waals surface area contributed by atoms with E-state index in [4.69, 9.17) is 11.6 Å². The van der Waals surface area contributed by atoms with Crippen LogP contribution in [0.25, 0.3) is 0 Å². The maximum atomic E-state index is 12.2. The van der Waals surface area contributed by atoms with Gasteiger partial charge >= 0.3 is 0 Å². The van der Waals surface area contributed by atoms with E-state index in [9.17, 15) is 4.79 Å². The zero-order chi connectivity index (χ0) is 16.4. The molecule has 0 aliphatic carbocycles. The summed E-state index contributed by atoms with van der Waals surface area (Å²) in [5.41, 5.74) is 4.98. The third kappa shape index (κ3) is 3.31. The van der Waals surface area contributed by atoms with Gasteiger partial charge in [0.2, 0.25) is 5.91 Å². The van der Waals surface area contributed by atoms with Crippen LogP contribution in [-0.4, -0.2) is 17.4 Å². The normalized spacial score (nSPS) is 16.8. The van der Waals surface area contributed by atoms with E-state index in [-0.39, 0.29) is 11.8 Å². The maximum Gasteiger partial charge on any atom is 0.246 e. The van der Waals surface area contributed by atoms with Crippen molar-refractivity contribution >= 4 is 40.1 Å². The number of hydrogen-bond donors (Lipinski definition) is 0. The molecule has 0 saturated heterocycles. The monoisotopic (exact) mass is 437 g/mol.